The van der Waals surface area contributed by atoms with Crippen molar-refractivity contribution >= 4 is 23.3 Å². The Labute approximate surface area is 161 Å². The predicted molar refractivity (Wildman–Crippen MR) is 104 cm³/mol. The maximum Gasteiger partial charge on any atom is 0.249 e. The number of anilines is 2. The number of aromatic nitrogens is 2. The van der Waals surface area contributed by atoms with Crippen LogP contribution in [0.25, 0.3) is 5.69 Å². The number of para-hydroxylation sites is 2. The quantitative estimate of drug-likeness (QED) is 0.761. The number of fused-ring (bicyclic) bond motifs is 1. The summed E-state index contributed by atoms with van der Waals surface area (Å²) in [5, 5.41) is 7.12. The van der Waals surface area contributed by atoms with Crippen molar-refractivity contribution in [3.8, 4) is 5.69 Å². The molecule has 0 fully saturated rings. The Hall–Kier alpha value is -3.48. The summed E-state index contributed by atoms with van der Waals surface area (Å²) in [4.78, 5) is 26.7. The summed E-state index contributed by atoms with van der Waals surface area (Å²) in [6.45, 7) is 3.20. The Morgan fingerprint density at radius 1 is 1.11 bits per heavy atom. The van der Waals surface area contributed by atoms with E-state index in [1.54, 1.807) is 31.2 Å². The second-order valence-electron chi connectivity index (χ2n) is 6.76. The van der Waals surface area contributed by atoms with Crippen LogP contribution in [-0.2, 0) is 16.0 Å². The molecule has 2 amide bonds. The highest BCUT2D eigenvalue weighted by Gasteiger charge is 2.37. The molecule has 0 bridgehead atoms. The van der Waals surface area contributed by atoms with Gasteiger partial charge >= 0.3 is 0 Å². The van der Waals surface area contributed by atoms with Crippen LogP contribution in [0.15, 0.2) is 54.6 Å². The molecule has 3 aromatic rings. The molecule has 1 aliphatic heterocycles. The smallest absolute Gasteiger partial charge is 0.249 e. The maximum atomic E-state index is 14.2. The summed E-state index contributed by atoms with van der Waals surface area (Å²) >= 11 is 0. The zero-order valence-electron chi connectivity index (χ0n) is 15.5. The van der Waals surface area contributed by atoms with Crippen molar-refractivity contribution in [2.45, 2.75) is 26.3 Å². The maximum absolute atomic E-state index is 14.2. The Morgan fingerprint density at radius 3 is 2.50 bits per heavy atom. The molecule has 0 spiro atoms. The number of hydrogen-bond donors (Lipinski definition) is 1. The minimum Gasteiger partial charge on any atom is -0.309 e. The monoisotopic (exact) mass is 378 g/mol. The lowest BCUT2D eigenvalue weighted by atomic mass is 10.1. The van der Waals surface area contributed by atoms with Gasteiger partial charge in [-0.1, -0.05) is 30.3 Å². The van der Waals surface area contributed by atoms with Gasteiger partial charge in [0.15, 0.2) is 0 Å². The number of amides is 2. The fourth-order valence-corrected chi connectivity index (χ4v) is 3.59. The third-order valence-electron chi connectivity index (χ3n) is 4.78. The number of carbonyl (C=O) groups excluding carboxylic acids is 2. The van der Waals surface area contributed by atoms with Crippen molar-refractivity contribution < 1.29 is 14.0 Å². The lowest BCUT2D eigenvalue weighted by molar-refractivity contribution is -0.122. The minimum atomic E-state index is -0.667. The van der Waals surface area contributed by atoms with Gasteiger partial charge in [0.1, 0.15) is 23.4 Å². The van der Waals surface area contributed by atoms with Crippen LogP contribution in [-0.4, -0.2) is 27.6 Å². The second kappa shape index (κ2) is 6.92. The van der Waals surface area contributed by atoms with Crippen molar-refractivity contribution in [2.24, 2.45) is 0 Å². The lowest BCUT2D eigenvalue weighted by Crippen LogP contribution is -2.44. The van der Waals surface area contributed by atoms with E-state index >= 15 is 0 Å². The standard InChI is InChI=1S/C21H19FN4O2/c1-13-11-20(26(24-13)18-10-6-4-8-16(18)22)23-21(28)19-12-15-7-3-5-9-17(15)25(19)14(2)27/h3-11,19H,12H2,1-2H3,(H,23,28)/t19-/m0/s1. The van der Waals surface area contributed by atoms with Gasteiger partial charge in [-0.25, -0.2) is 9.07 Å². The average Bonchev–Trinajstić information content (AvgIpc) is 3.22. The number of benzene rings is 2. The molecule has 2 heterocycles. The first kappa shape index (κ1) is 17.9. The molecule has 0 saturated carbocycles. The number of nitrogens with zero attached hydrogens (tertiary/aromatic N) is 3. The van der Waals surface area contributed by atoms with Gasteiger partial charge in [0.05, 0.1) is 5.69 Å². The summed E-state index contributed by atoms with van der Waals surface area (Å²) in [6.07, 6.45) is 0.425. The zero-order valence-corrected chi connectivity index (χ0v) is 15.5. The van der Waals surface area contributed by atoms with Crippen LogP contribution < -0.4 is 10.2 Å². The molecule has 1 aromatic heterocycles. The fourth-order valence-electron chi connectivity index (χ4n) is 3.59. The number of carbonyl (C=O) groups is 2. The molecule has 142 valence electrons. The highest BCUT2D eigenvalue weighted by Crippen LogP contribution is 2.33. The lowest BCUT2D eigenvalue weighted by Gasteiger charge is -2.23. The first-order valence-electron chi connectivity index (χ1n) is 8.96. The fraction of sp³-hybridized carbons (Fsp3) is 0.190. The van der Waals surface area contributed by atoms with Crippen LogP contribution in [0.2, 0.25) is 0 Å². The van der Waals surface area contributed by atoms with E-state index in [0.717, 1.165) is 11.3 Å². The van der Waals surface area contributed by atoms with Crippen molar-refractivity contribution in [2.75, 3.05) is 10.2 Å². The van der Waals surface area contributed by atoms with E-state index in [1.165, 1.54) is 22.6 Å². The van der Waals surface area contributed by atoms with Crippen LogP contribution in [0, 0.1) is 12.7 Å². The van der Waals surface area contributed by atoms with Crippen molar-refractivity contribution in [3.63, 3.8) is 0 Å². The minimum absolute atomic E-state index is 0.205. The van der Waals surface area contributed by atoms with E-state index in [4.69, 9.17) is 0 Å². The predicted octanol–water partition coefficient (Wildman–Crippen LogP) is 3.24. The summed E-state index contributed by atoms with van der Waals surface area (Å²) in [6, 6.07) is 14.7. The molecule has 2 aromatic carbocycles. The molecule has 0 saturated heterocycles. The van der Waals surface area contributed by atoms with E-state index in [9.17, 15) is 14.0 Å². The molecule has 1 aliphatic rings. The third kappa shape index (κ3) is 3.05. The SMILES string of the molecule is CC(=O)N1c2ccccc2C[C@H]1C(=O)Nc1cc(C)nn1-c1ccccc1F. The van der Waals surface area contributed by atoms with E-state index < -0.39 is 11.9 Å². The van der Waals surface area contributed by atoms with Crippen LogP contribution >= 0.6 is 0 Å². The molecular formula is C21H19FN4O2. The van der Waals surface area contributed by atoms with Crippen molar-refractivity contribution in [3.05, 3.63) is 71.7 Å². The summed E-state index contributed by atoms with van der Waals surface area (Å²) in [5.41, 5.74) is 2.56. The number of nitrogens with one attached hydrogen (secondary N) is 1. The van der Waals surface area contributed by atoms with Crippen molar-refractivity contribution in [1.29, 1.82) is 0 Å². The van der Waals surface area contributed by atoms with Gasteiger partial charge in [0.2, 0.25) is 11.8 Å². The van der Waals surface area contributed by atoms with Gasteiger partial charge < -0.3 is 5.32 Å². The normalized spacial score (nSPS) is 15.4. The Morgan fingerprint density at radius 2 is 1.79 bits per heavy atom. The Bertz CT molecular complexity index is 1080. The zero-order chi connectivity index (χ0) is 19.8. The van der Waals surface area contributed by atoms with Crippen LogP contribution in [0.1, 0.15) is 18.2 Å². The number of rotatable bonds is 3. The number of aryl methyl sites for hydroxylation is 1. The number of halogens is 1. The highest BCUT2D eigenvalue weighted by molar-refractivity contribution is 6.06. The molecule has 28 heavy (non-hydrogen) atoms. The summed E-state index contributed by atoms with van der Waals surface area (Å²) in [5.74, 6) is -0.639. The van der Waals surface area contributed by atoms with Gasteiger partial charge in [-0.15, -0.1) is 0 Å². The molecule has 4 rings (SSSR count). The van der Waals surface area contributed by atoms with Crippen LogP contribution in [0.5, 0.6) is 0 Å². The van der Waals surface area contributed by atoms with E-state index in [2.05, 4.69) is 10.4 Å². The first-order chi connectivity index (χ1) is 13.5. The third-order valence-corrected chi connectivity index (χ3v) is 4.78. The molecule has 7 heteroatoms. The largest absolute Gasteiger partial charge is 0.309 e. The topological polar surface area (TPSA) is 67.2 Å². The van der Waals surface area contributed by atoms with Gasteiger partial charge in [-0.3, -0.25) is 14.5 Å². The van der Waals surface area contributed by atoms with Gasteiger partial charge in [-0.2, -0.15) is 5.10 Å². The summed E-state index contributed by atoms with van der Waals surface area (Å²) in [7, 11) is 0. The molecular weight excluding hydrogens is 359 g/mol. The molecule has 6 nitrogen and oxygen atoms in total. The van der Waals surface area contributed by atoms with Crippen molar-refractivity contribution in [1.82, 2.24) is 9.78 Å². The summed E-state index contributed by atoms with van der Waals surface area (Å²) < 4.78 is 15.6. The second-order valence-corrected chi connectivity index (χ2v) is 6.76. The van der Waals surface area contributed by atoms with Crippen LogP contribution in [0.3, 0.4) is 0 Å². The molecule has 0 unspecified atom stereocenters. The van der Waals surface area contributed by atoms with E-state index in [1.807, 2.05) is 24.3 Å². The van der Waals surface area contributed by atoms with Gasteiger partial charge in [0, 0.05) is 25.1 Å². The van der Waals surface area contributed by atoms with E-state index in [0.29, 0.717) is 17.9 Å². The molecule has 0 radical (unpaired) electrons. The van der Waals surface area contributed by atoms with Gasteiger partial charge in [0.25, 0.3) is 0 Å². The first-order valence-corrected chi connectivity index (χ1v) is 8.96. The average molecular weight is 378 g/mol. The van der Waals surface area contributed by atoms with E-state index in [-0.39, 0.29) is 17.5 Å². The molecule has 0 aliphatic carbocycles. The highest BCUT2D eigenvalue weighted by atomic mass is 19.1. The molecule has 1 N–H and O–H groups in total. The molecule has 1 atom stereocenters. The number of hydrogen-bond acceptors (Lipinski definition) is 3. The Balaban J connectivity index is 1.65. The van der Waals surface area contributed by atoms with Crippen LogP contribution in [0.4, 0.5) is 15.9 Å². The Kier molecular flexibility index (Phi) is 4.43. The van der Waals surface area contributed by atoms with Gasteiger partial charge in [-0.05, 0) is 30.7 Å².